The Morgan fingerprint density at radius 3 is 2.95 bits per heavy atom. The normalized spacial score (nSPS) is 12.7. The fourth-order valence-electron chi connectivity index (χ4n) is 1.91. The van der Waals surface area contributed by atoms with Crippen LogP contribution in [0.25, 0.3) is 16.6 Å². The average molecular weight is 288 g/mol. The number of thioether (sulfide) groups is 1. The van der Waals surface area contributed by atoms with Crippen molar-refractivity contribution in [2.45, 2.75) is 17.3 Å². The van der Waals surface area contributed by atoms with Gasteiger partial charge in [-0.1, -0.05) is 23.9 Å². The molecule has 1 atom stereocenters. The molecule has 7 heteroatoms. The molecule has 20 heavy (non-hydrogen) atoms. The van der Waals surface area contributed by atoms with Gasteiger partial charge < -0.3 is 4.74 Å². The van der Waals surface area contributed by atoms with Crippen LogP contribution in [0.5, 0.6) is 0 Å². The van der Waals surface area contributed by atoms with E-state index in [1.807, 2.05) is 24.3 Å². The molecule has 6 nitrogen and oxygen atoms in total. The van der Waals surface area contributed by atoms with Crippen LogP contribution >= 0.6 is 11.8 Å². The highest BCUT2D eigenvalue weighted by Crippen LogP contribution is 2.25. The molecule has 2 aromatic heterocycles. The van der Waals surface area contributed by atoms with Crippen LogP contribution in [0.15, 0.2) is 35.7 Å². The Hall–Kier alpha value is -2.15. The van der Waals surface area contributed by atoms with Crippen molar-refractivity contribution in [2.24, 2.45) is 0 Å². The summed E-state index contributed by atoms with van der Waals surface area (Å²) in [7, 11) is 1.37. The van der Waals surface area contributed by atoms with E-state index in [0.717, 1.165) is 16.6 Å². The van der Waals surface area contributed by atoms with Gasteiger partial charge in [0.25, 0.3) is 0 Å². The number of ether oxygens (including phenoxy) is 1. The summed E-state index contributed by atoms with van der Waals surface area (Å²) in [6, 6.07) is 7.73. The van der Waals surface area contributed by atoms with Gasteiger partial charge >= 0.3 is 5.97 Å². The molecular formula is C13H12N4O2S. The molecule has 0 spiro atoms. The second-order valence-electron chi connectivity index (χ2n) is 4.22. The van der Waals surface area contributed by atoms with Crippen LogP contribution in [0.3, 0.4) is 0 Å². The molecule has 102 valence electrons. The van der Waals surface area contributed by atoms with E-state index in [4.69, 9.17) is 4.74 Å². The molecule has 0 radical (unpaired) electrons. The minimum absolute atomic E-state index is 0.291. The number of hydrogen-bond donors (Lipinski definition) is 0. The van der Waals surface area contributed by atoms with Gasteiger partial charge in [0.2, 0.25) is 0 Å². The predicted molar refractivity (Wildman–Crippen MR) is 75.6 cm³/mol. The number of methoxy groups -OCH3 is 1. The summed E-state index contributed by atoms with van der Waals surface area (Å²) >= 11 is 1.30. The lowest BCUT2D eigenvalue weighted by Crippen LogP contribution is -2.15. The lowest BCUT2D eigenvalue weighted by atomic mass is 10.2. The molecule has 3 rings (SSSR count). The number of carbonyl (C=O) groups is 1. The van der Waals surface area contributed by atoms with Crippen molar-refractivity contribution in [1.29, 1.82) is 0 Å². The van der Waals surface area contributed by atoms with E-state index in [2.05, 4.69) is 15.2 Å². The van der Waals surface area contributed by atoms with E-state index in [-0.39, 0.29) is 11.2 Å². The van der Waals surface area contributed by atoms with Crippen molar-refractivity contribution in [3.05, 3.63) is 30.6 Å². The molecular weight excluding hydrogens is 276 g/mol. The van der Waals surface area contributed by atoms with E-state index in [9.17, 15) is 4.79 Å². The Morgan fingerprint density at radius 1 is 1.35 bits per heavy atom. The number of para-hydroxylation sites is 1. The van der Waals surface area contributed by atoms with Crippen LogP contribution in [-0.4, -0.2) is 37.9 Å². The summed E-state index contributed by atoms with van der Waals surface area (Å²) in [4.78, 5) is 15.8. The Balaban J connectivity index is 2.06. The maximum Gasteiger partial charge on any atom is 0.318 e. The molecule has 0 aliphatic heterocycles. The lowest BCUT2D eigenvalue weighted by molar-refractivity contribution is -0.139. The van der Waals surface area contributed by atoms with Crippen LogP contribution in [0, 0.1) is 0 Å². The topological polar surface area (TPSA) is 69.4 Å². The molecule has 0 N–H and O–H groups in total. The van der Waals surface area contributed by atoms with Crippen molar-refractivity contribution in [2.75, 3.05) is 7.11 Å². The van der Waals surface area contributed by atoms with Gasteiger partial charge in [-0.3, -0.25) is 9.20 Å². The van der Waals surface area contributed by atoms with Crippen molar-refractivity contribution in [3.63, 3.8) is 0 Å². The fourth-order valence-corrected chi connectivity index (χ4v) is 2.76. The number of rotatable bonds is 3. The zero-order valence-electron chi connectivity index (χ0n) is 11.0. The fraction of sp³-hybridized carbons (Fsp3) is 0.231. The molecule has 0 bridgehead atoms. The minimum atomic E-state index is -0.348. The second-order valence-corrected chi connectivity index (χ2v) is 5.53. The van der Waals surface area contributed by atoms with Crippen molar-refractivity contribution < 1.29 is 9.53 Å². The molecule has 2 heterocycles. The highest BCUT2D eigenvalue weighted by Gasteiger charge is 2.19. The van der Waals surface area contributed by atoms with Crippen LogP contribution < -0.4 is 0 Å². The quantitative estimate of drug-likeness (QED) is 0.542. The number of esters is 1. The average Bonchev–Trinajstić information content (AvgIpc) is 2.89. The number of carbonyl (C=O) groups excluding carboxylic acids is 1. The summed E-state index contributed by atoms with van der Waals surface area (Å²) in [5.41, 5.74) is 1.60. The maximum atomic E-state index is 11.5. The van der Waals surface area contributed by atoms with E-state index < -0.39 is 0 Å². The molecule has 0 saturated carbocycles. The number of benzene rings is 1. The minimum Gasteiger partial charge on any atom is -0.468 e. The maximum absolute atomic E-state index is 11.5. The molecule has 0 aliphatic carbocycles. The first kappa shape index (κ1) is 12.9. The van der Waals surface area contributed by atoms with Gasteiger partial charge in [-0.2, -0.15) is 0 Å². The predicted octanol–water partition coefficient (Wildman–Crippen LogP) is 1.93. The standard InChI is InChI=1S/C13H12N4O2S/c1-8(12(18)19-2)20-13-16-15-11-9-5-3-4-6-10(9)14-7-17(11)13/h3-8H,1-2H3. The van der Waals surface area contributed by atoms with E-state index in [1.165, 1.54) is 18.9 Å². The Labute approximate surface area is 119 Å². The number of aromatic nitrogens is 4. The van der Waals surface area contributed by atoms with Gasteiger partial charge in [-0.25, -0.2) is 4.98 Å². The van der Waals surface area contributed by atoms with Crippen molar-refractivity contribution in [1.82, 2.24) is 19.6 Å². The molecule has 1 unspecified atom stereocenters. The summed E-state index contributed by atoms with van der Waals surface area (Å²) in [5, 5.41) is 9.52. The van der Waals surface area contributed by atoms with Crippen LogP contribution in [0.4, 0.5) is 0 Å². The van der Waals surface area contributed by atoms with Crippen molar-refractivity contribution >= 4 is 34.3 Å². The zero-order chi connectivity index (χ0) is 14.1. The van der Waals surface area contributed by atoms with Gasteiger partial charge in [0.05, 0.1) is 12.6 Å². The van der Waals surface area contributed by atoms with E-state index in [1.54, 1.807) is 17.7 Å². The first-order valence-electron chi connectivity index (χ1n) is 6.03. The number of hydrogen-bond acceptors (Lipinski definition) is 6. The van der Waals surface area contributed by atoms with Crippen LogP contribution in [0.2, 0.25) is 0 Å². The van der Waals surface area contributed by atoms with Crippen LogP contribution in [0.1, 0.15) is 6.92 Å². The first-order valence-corrected chi connectivity index (χ1v) is 6.91. The number of fused-ring (bicyclic) bond motifs is 3. The highest BCUT2D eigenvalue weighted by molar-refractivity contribution is 8.00. The van der Waals surface area contributed by atoms with Gasteiger partial charge in [0, 0.05) is 5.39 Å². The zero-order valence-corrected chi connectivity index (χ0v) is 11.8. The van der Waals surface area contributed by atoms with Gasteiger partial charge in [0.1, 0.15) is 11.6 Å². The largest absolute Gasteiger partial charge is 0.468 e. The van der Waals surface area contributed by atoms with Crippen molar-refractivity contribution in [3.8, 4) is 0 Å². The van der Waals surface area contributed by atoms with Gasteiger partial charge in [0.15, 0.2) is 10.8 Å². The third-order valence-electron chi connectivity index (χ3n) is 2.94. The SMILES string of the molecule is COC(=O)C(C)Sc1nnc2c3ccccc3ncn12. The van der Waals surface area contributed by atoms with Crippen LogP contribution in [-0.2, 0) is 9.53 Å². The lowest BCUT2D eigenvalue weighted by Gasteiger charge is -2.07. The molecule has 0 amide bonds. The summed E-state index contributed by atoms with van der Waals surface area (Å²) in [6.45, 7) is 1.77. The summed E-state index contributed by atoms with van der Waals surface area (Å²) in [6.07, 6.45) is 1.67. The molecule has 1 aromatic carbocycles. The Bertz CT molecular complexity index is 786. The molecule has 3 aromatic rings. The highest BCUT2D eigenvalue weighted by atomic mass is 32.2. The first-order chi connectivity index (χ1) is 9.70. The third-order valence-corrected chi connectivity index (χ3v) is 3.97. The number of nitrogens with zero attached hydrogens (tertiary/aromatic N) is 4. The Kier molecular flexibility index (Phi) is 3.27. The van der Waals surface area contributed by atoms with E-state index >= 15 is 0 Å². The third kappa shape index (κ3) is 2.09. The molecule has 0 aliphatic rings. The van der Waals surface area contributed by atoms with Gasteiger partial charge in [-0.15, -0.1) is 10.2 Å². The molecule has 0 fully saturated rings. The summed E-state index contributed by atoms with van der Waals surface area (Å²) < 4.78 is 6.49. The van der Waals surface area contributed by atoms with Gasteiger partial charge in [-0.05, 0) is 19.1 Å². The monoisotopic (exact) mass is 288 g/mol. The summed E-state index contributed by atoms with van der Waals surface area (Å²) in [5.74, 6) is -0.291. The second kappa shape index (κ2) is 5.09. The molecule has 0 saturated heterocycles. The smallest absolute Gasteiger partial charge is 0.318 e. The van der Waals surface area contributed by atoms with E-state index in [0.29, 0.717) is 5.16 Å². The Morgan fingerprint density at radius 2 is 2.15 bits per heavy atom.